The van der Waals surface area contributed by atoms with E-state index < -0.39 is 11.6 Å². The zero-order valence-electron chi connectivity index (χ0n) is 17.8. The van der Waals surface area contributed by atoms with Gasteiger partial charge in [0, 0.05) is 25.0 Å². The lowest BCUT2D eigenvalue weighted by atomic mass is 10.1. The van der Waals surface area contributed by atoms with Crippen LogP contribution >= 0.6 is 0 Å². The molecule has 4 heterocycles. The zero-order chi connectivity index (χ0) is 22.5. The van der Waals surface area contributed by atoms with E-state index in [1.165, 1.54) is 12.5 Å². The Morgan fingerprint density at radius 2 is 1.76 bits per heavy atom. The molecule has 0 radical (unpaired) electrons. The van der Waals surface area contributed by atoms with Crippen molar-refractivity contribution in [2.75, 3.05) is 31.2 Å². The van der Waals surface area contributed by atoms with Crippen LogP contribution < -0.4 is 4.90 Å². The summed E-state index contributed by atoms with van der Waals surface area (Å²) >= 11 is 0. The minimum absolute atomic E-state index is 0.0222. The zero-order valence-corrected chi connectivity index (χ0v) is 17.8. The first-order valence-corrected chi connectivity index (χ1v) is 10.6. The van der Waals surface area contributed by atoms with Crippen LogP contribution in [0.25, 0.3) is 39.1 Å². The van der Waals surface area contributed by atoms with Gasteiger partial charge in [0.05, 0.1) is 41.6 Å². The smallest absolute Gasteiger partial charge is 0.228 e. The Bertz CT molecular complexity index is 1490. The van der Waals surface area contributed by atoms with Gasteiger partial charge in [0.15, 0.2) is 0 Å². The van der Waals surface area contributed by atoms with Crippen molar-refractivity contribution in [3.05, 3.63) is 66.4 Å². The van der Waals surface area contributed by atoms with E-state index in [1.54, 1.807) is 12.3 Å². The number of pyridine rings is 1. The number of oxazole rings is 1. The number of aromatic nitrogens is 4. The normalized spacial score (nSPS) is 14.5. The average Bonchev–Trinajstić information content (AvgIpc) is 3.49. The molecule has 0 amide bonds. The number of aryl methyl sites for hydroxylation is 1. The minimum atomic E-state index is -0.579. The maximum atomic E-state index is 14.9. The summed E-state index contributed by atoms with van der Waals surface area (Å²) in [5.41, 5.74) is 3.52. The van der Waals surface area contributed by atoms with Gasteiger partial charge in [-0.05, 0) is 37.3 Å². The molecule has 0 aliphatic carbocycles. The van der Waals surface area contributed by atoms with Crippen molar-refractivity contribution in [2.45, 2.75) is 6.92 Å². The second-order valence-electron chi connectivity index (χ2n) is 7.88. The Kier molecular flexibility index (Phi) is 4.58. The van der Waals surface area contributed by atoms with Gasteiger partial charge in [0.1, 0.15) is 34.8 Å². The fourth-order valence-electron chi connectivity index (χ4n) is 4.47. The van der Waals surface area contributed by atoms with Crippen molar-refractivity contribution in [3.63, 3.8) is 0 Å². The van der Waals surface area contributed by atoms with Gasteiger partial charge in [-0.2, -0.15) is 0 Å². The summed E-state index contributed by atoms with van der Waals surface area (Å²) in [7, 11) is 0. The topological polar surface area (TPSA) is 69.2 Å². The molecule has 0 N–H and O–H groups in total. The van der Waals surface area contributed by atoms with E-state index in [0.717, 1.165) is 42.0 Å². The first-order chi connectivity index (χ1) is 16.1. The van der Waals surface area contributed by atoms with Gasteiger partial charge in [0.2, 0.25) is 5.89 Å². The lowest BCUT2D eigenvalue weighted by molar-refractivity contribution is 0.122. The fraction of sp³-hybridized carbons (Fsp3) is 0.208. The molecular formula is C24H19F2N5O2. The van der Waals surface area contributed by atoms with Gasteiger partial charge >= 0.3 is 0 Å². The molecule has 6 rings (SSSR count). The largest absolute Gasteiger partial charge is 0.444 e. The number of hydrogen-bond donors (Lipinski definition) is 0. The molecular weight excluding hydrogens is 428 g/mol. The van der Waals surface area contributed by atoms with Gasteiger partial charge in [-0.1, -0.05) is 0 Å². The molecule has 1 fully saturated rings. The second kappa shape index (κ2) is 7.63. The Morgan fingerprint density at radius 1 is 0.939 bits per heavy atom. The molecule has 1 saturated heterocycles. The molecule has 9 heteroatoms. The maximum absolute atomic E-state index is 14.9. The van der Waals surface area contributed by atoms with Crippen molar-refractivity contribution >= 4 is 27.6 Å². The number of benzene rings is 2. The molecule has 166 valence electrons. The molecule has 1 aliphatic heterocycles. The third-order valence-corrected chi connectivity index (χ3v) is 5.96. The SMILES string of the molecule is Cc1nc2c(-c3ncco3)cc(N3CCOCC3)cc2n1-c1ccnc2c(F)ccc(F)c12. The molecule has 1 aliphatic rings. The van der Waals surface area contributed by atoms with E-state index in [-0.39, 0.29) is 10.9 Å². The highest BCUT2D eigenvalue weighted by molar-refractivity contribution is 5.97. The van der Waals surface area contributed by atoms with Crippen LogP contribution in [-0.4, -0.2) is 45.8 Å². The molecule has 3 aromatic heterocycles. The number of fused-ring (bicyclic) bond motifs is 2. The van der Waals surface area contributed by atoms with Crippen LogP contribution in [0.1, 0.15) is 5.82 Å². The number of nitrogens with zero attached hydrogens (tertiary/aromatic N) is 5. The van der Waals surface area contributed by atoms with Crippen molar-refractivity contribution in [2.24, 2.45) is 0 Å². The van der Waals surface area contributed by atoms with E-state index in [4.69, 9.17) is 14.1 Å². The summed E-state index contributed by atoms with van der Waals surface area (Å²) in [6, 6.07) is 7.89. The van der Waals surface area contributed by atoms with Crippen molar-refractivity contribution in [1.82, 2.24) is 19.5 Å². The number of hydrogen-bond acceptors (Lipinski definition) is 6. The van der Waals surface area contributed by atoms with E-state index in [2.05, 4.69) is 14.9 Å². The predicted octanol–water partition coefficient (Wildman–Crippen LogP) is 4.65. The van der Waals surface area contributed by atoms with E-state index >= 15 is 0 Å². The van der Waals surface area contributed by atoms with Gasteiger partial charge in [-0.3, -0.25) is 9.55 Å². The summed E-state index contributed by atoms with van der Waals surface area (Å²) in [6.07, 6.45) is 4.58. The maximum Gasteiger partial charge on any atom is 0.228 e. The Balaban J connectivity index is 1.68. The standard InChI is InChI=1S/C24H19F2N5O2/c1-14-29-22-16(24-28-6-9-33-24)12-15(30-7-10-32-11-8-30)13-20(22)31(14)19-4-5-27-23-18(26)3-2-17(25)21(19)23/h2-6,9,12-13H,7-8,10-11H2,1H3. The molecule has 0 spiro atoms. The van der Waals surface area contributed by atoms with Gasteiger partial charge in [-0.25, -0.2) is 18.7 Å². The van der Waals surface area contributed by atoms with Crippen LogP contribution in [0.4, 0.5) is 14.5 Å². The highest BCUT2D eigenvalue weighted by atomic mass is 19.1. The van der Waals surface area contributed by atoms with Crippen LogP contribution in [0.2, 0.25) is 0 Å². The number of anilines is 1. The lowest BCUT2D eigenvalue weighted by Gasteiger charge is -2.29. The third kappa shape index (κ3) is 3.15. The average molecular weight is 447 g/mol. The Hall–Kier alpha value is -3.85. The second-order valence-corrected chi connectivity index (χ2v) is 7.88. The van der Waals surface area contributed by atoms with Crippen LogP contribution in [0, 0.1) is 18.6 Å². The van der Waals surface area contributed by atoms with Gasteiger partial charge in [-0.15, -0.1) is 0 Å². The number of ether oxygens (including phenoxy) is 1. The van der Waals surface area contributed by atoms with Crippen LogP contribution in [-0.2, 0) is 4.74 Å². The van der Waals surface area contributed by atoms with Gasteiger partial charge < -0.3 is 14.1 Å². The molecule has 0 bridgehead atoms. The van der Waals surface area contributed by atoms with E-state index in [0.29, 0.717) is 36.1 Å². The summed E-state index contributed by atoms with van der Waals surface area (Å²) in [5.74, 6) is -0.0671. The fourth-order valence-corrected chi connectivity index (χ4v) is 4.47. The van der Waals surface area contributed by atoms with Crippen LogP contribution in [0.5, 0.6) is 0 Å². The lowest BCUT2D eigenvalue weighted by Crippen LogP contribution is -2.36. The molecule has 7 nitrogen and oxygen atoms in total. The number of halogens is 2. The van der Waals surface area contributed by atoms with E-state index in [9.17, 15) is 8.78 Å². The van der Waals surface area contributed by atoms with Crippen molar-refractivity contribution in [1.29, 1.82) is 0 Å². The minimum Gasteiger partial charge on any atom is -0.444 e. The quantitative estimate of drug-likeness (QED) is 0.401. The molecule has 2 aromatic carbocycles. The molecule has 0 atom stereocenters. The summed E-state index contributed by atoms with van der Waals surface area (Å²) in [5, 5.41) is 0.106. The summed E-state index contributed by atoms with van der Waals surface area (Å²) < 4.78 is 42.3. The molecule has 33 heavy (non-hydrogen) atoms. The first kappa shape index (κ1) is 19.8. The summed E-state index contributed by atoms with van der Waals surface area (Å²) in [4.78, 5) is 15.4. The van der Waals surface area contributed by atoms with E-state index in [1.807, 2.05) is 23.6 Å². The predicted molar refractivity (Wildman–Crippen MR) is 120 cm³/mol. The number of morpholine rings is 1. The highest BCUT2D eigenvalue weighted by Gasteiger charge is 2.23. The Labute approximate surface area is 187 Å². The molecule has 0 unspecified atom stereocenters. The summed E-state index contributed by atoms with van der Waals surface area (Å²) in [6.45, 7) is 4.56. The monoisotopic (exact) mass is 447 g/mol. The Morgan fingerprint density at radius 3 is 2.55 bits per heavy atom. The number of imidazole rings is 1. The first-order valence-electron chi connectivity index (χ1n) is 10.6. The van der Waals surface area contributed by atoms with Gasteiger partial charge in [0.25, 0.3) is 0 Å². The number of rotatable bonds is 3. The highest BCUT2D eigenvalue weighted by Crippen LogP contribution is 2.36. The van der Waals surface area contributed by atoms with Crippen molar-refractivity contribution in [3.8, 4) is 17.1 Å². The van der Waals surface area contributed by atoms with Crippen LogP contribution in [0.3, 0.4) is 0 Å². The molecule has 0 saturated carbocycles. The van der Waals surface area contributed by atoms with Crippen molar-refractivity contribution < 1.29 is 17.9 Å². The van der Waals surface area contributed by atoms with Crippen LogP contribution in [0.15, 0.2) is 53.4 Å². The molecule has 5 aromatic rings. The third-order valence-electron chi connectivity index (χ3n) is 5.96.